The SMILES string of the molecule is COCCN1CCc2ccc(-c3nnc(-c4ccc(OC(C)C)c(N)c4)s3)cc2CC1. The second-order valence-electron chi connectivity index (χ2n) is 8.15. The summed E-state index contributed by atoms with van der Waals surface area (Å²) in [6.07, 6.45) is 2.21. The Labute approximate surface area is 188 Å². The van der Waals surface area contributed by atoms with Crippen molar-refractivity contribution in [2.75, 3.05) is 39.1 Å². The number of fused-ring (bicyclic) bond motifs is 1. The van der Waals surface area contributed by atoms with Crippen LogP contribution in [-0.4, -0.2) is 54.6 Å². The maximum Gasteiger partial charge on any atom is 0.148 e. The fourth-order valence-corrected chi connectivity index (χ4v) is 4.68. The lowest BCUT2D eigenvalue weighted by Crippen LogP contribution is -2.29. The van der Waals surface area contributed by atoms with E-state index in [2.05, 4.69) is 33.3 Å². The predicted molar refractivity (Wildman–Crippen MR) is 127 cm³/mol. The molecule has 2 aromatic carbocycles. The highest BCUT2D eigenvalue weighted by molar-refractivity contribution is 7.17. The Kier molecular flexibility index (Phi) is 6.85. The lowest BCUT2D eigenvalue weighted by Gasteiger charge is -2.18. The highest BCUT2D eigenvalue weighted by Gasteiger charge is 2.16. The molecular formula is C24H30N4O2S. The molecule has 0 saturated heterocycles. The summed E-state index contributed by atoms with van der Waals surface area (Å²) in [5.41, 5.74) is 11.7. The summed E-state index contributed by atoms with van der Waals surface area (Å²) >= 11 is 1.59. The number of aromatic nitrogens is 2. The smallest absolute Gasteiger partial charge is 0.148 e. The van der Waals surface area contributed by atoms with Crippen molar-refractivity contribution in [2.45, 2.75) is 32.8 Å². The van der Waals surface area contributed by atoms with Crippen LogP contribution in [0.25, 0.3) is 21.1 Å². The molecule has 0 unspecified atom stereocenters. The number of methoxy groups -OCH3 is 1. The van der Waals surface area contributed by atoms with E-state index in [9.17, 15) is 0 Å². The van der Waals surface area contributed by atoms with Gasteiger partial charge in [-0.2, -0.15) is 0 Å². The minimum atomic E-state index is 0.0848. The van der Waals surface area contributed by atoms with Crippen molar-refractivity contribution in [2.24, 2.45) is 0 Å². The van der Waals surface area contributed by atoms with E-state index in [0.717, 1.165) is 60.2 Å². The van der Waals surface area contributed by atoms with Gasteiger partial charge in [0.1, 0.15) is 15.8 Å². The molecule has 6 nitrogen and oxygen atoms in total. The van der Waals surface area contributed by atoms with Gasteiger partial charge in [0.25, 0.3) is 0 Å². The first kappa shape index (κ1) is 21.7. The van der Waals surface area contributed by atoms with Gasteiger partial charge in [-0.15, -0.1) is 10.2 Å². The molecule has 0 aliphatic carbocycles. The Balaban J connectivity index is 1.51. The lowest BCUT2D eigenvalue weighted by molar-refractivity contribution is 0.150. The number of rotatable bonds is 7. The third-order valence-electron chi connectivity index (χ3n) is 5.50. The molecular weight excluding hydrogens is 408 g/mol. The number of benzene rings is 2. The van der Waals surface area contributed by atoms with Gasteiger partial charge in [0.05, 0.1) is 18.4 Å². The van der Waals surface area contributed by atoms with Crippen molar-refractivity contribution >= 4 is 17.0 Å². The van der Waals surface area contributed by atoms with Crippen LogP contribution in [-0.2, 0) is 17.6 Å². The van der Waals surface area contributed by atoms with E-state index < -0.39 is 0 Å². The number of hydrogen-bond donors (Lipinski definition) is 1. The average molecular weight is 439 g/mol. The molecule has 0 spiro atoms. The van der Waals surface area contributed by atoms with Crippen molar-refractivity contribution in [3.8, 4) is 26.9 Å². The zero-order valence-electron chi connectivity index (χ0n) is 18.4. The minimum absolute atomic E-state index is 0.0848. The molecule has 0 radical (unpaired) electrons. The minimum Gasteiger partial charge on any atom is -0.489 e. The first-order valence-corrected chi connectivity index (χ1v) is 11.6. The van der Waals surface area contributed by atoms with Crippen LogP contribution in [0.5, 0.6) is 5.75 Å². The van der Waals surface area contributed by atoms with Crippen LogP contribution in [0.15, 0.2) is 36.4 Å². The van der Waals surface area contributed by atoms with Gasteiger partial charge in [0, 0.05) is 37.9 Å². The van der Waals surface area contributed by atoms with Crippen LogP contribution in [0.2, 0.25) is 0 Å². The third-order valence-corrected chi connectivity index (χ3v) is 6.53. The maximum atomic E-state index is 6.18. The molecule has 0 saturated carbocycles. The summed E-state index contributed by atoms with van der Waals surface area (Å²) in [5.74, 6) is 0.703. The van der Waals surface area contributed by atoms with E-state index in [1.54, 1.807) is 18.4 Å². The topological polar surface area (TPSA) is 73.5 Å². The molecule has 4 rings (SSSR count). The highest BCUT2D eigenvalue weighted by atomic mass is 32.1. The Bertz CT molecular complexity index is 1030. The van der Waals surface area contributed by atoms with Crippen molar-refractivity contribution in [1.29, 1.82) is 0 Å². The van der Waals surface area contributed by atoms with Gasteiger partial charge in [-0.3, -0.25) is 0 Å². The van der Waals surface area contributed by atoms with Gasteiger partial charge >= 0.3 is 0 Å². The van der Waals surface area contributed by atoms with Crippen LogP contribution < -0.4 is 10.5 Å². The lowest BCUT2D eigenvalue weighted by atomic mass is 10.0. The highest BCUT2D eigenvalue weighted by Crippen LogP contribution is 2.34. The Morgan fingerprint density at radius 2 is 1.68 bits per heavy atom. The first-order valence-electron chi connectivity index (χ1n) is 10.8. The number of ether oxygens (including phenoxy) is 2. The van der Waals surface area contributed by atoms with Crippen LogP contribution in [0, 0.1) is 0 Å². The quantitative estimate of drug-likeness (QED) is 0.555. The van der Waals surface area contributed by atoms with Gasteiger partial charge < -0.3 is 20.1 Å². The van der Waals surface area contributed by atoms with E-state index in [4.69, 9.17) is 15.2 Å². The van der Waals surface area contributed by atoms with Gasteiger partial charge in [0.2, 0.25) is 0 Å². The molecule has 31 heavy (non-hydrogen) atoms. The van der Waals surface area contributed by atoms with E-state index in [0.29, 0.717) is 11.4 Å². The second kappa shape index (κ2) is 9.77. The van der Waals surface area contributed by atoms with Crippen molar-refractivity contribution < 1.29 is 9.47 Å². The Hall–Kier alpha value is -2.48. The molecule has 2 N–H and O–H groups in total. The van der Waals surface area contributed by atoms with Gasteiger partial charge in [-0.05, 0) is 62.1 Å². The second-order valence-corrected chi connectivity index (χ2v) is 9.13. The molecule has 7 heteroatoms. The number of hydrogen-bond acceptors (Lipinski definition) is 7. The molecule has 0 atom stereocenters. The molecule has 1 aromatic heterocycles. The van der Waals surface area contributed by atoms with Crippen LogP contribution in [0.4, 0.5) is 5.69 Å². The summed E-state index contributed by atoms with van der Waals surface area (Å²) in [6, 6.07) is 12.5. The van der Waals surface area contributed by atoms with Gasteiger partial charge in [-0.25, -0.2) is 0 Å². The standard InChI is InChI=1S/C24H30N4O2S/c1-16(2)30-22-7-6-20(15-21(22)25)24-27-26-23(31-24)19-5-4-17-8-10-28(12-13-29-3)11-9-18(17)14-19/h4-7,14-16H,8-13,25H2,1-3H3. The summed E-state index contributed by atoms with van der Waals surface area (Å²) in [5, 5.41) is 10.7. The Morgan fingerprint density at radius 1 is 1.00 bits per heavy atom. The molecule has 3 aromatic rings. The first-order chi connectivity index (χ1) is 15.0. The normalized spacial score (nSPS) is 14.5. The van der Waals surface area contributed by atoms with Crippen LogP contribution >= 0.6 is 11.3 Å². The number of nitrogen functional groups attached to an aromatic ring is 1. The molecule has 0 amide bonds. The molecule has 164 valence electrons. The number of nitrogens with zero attached hydrogens (tertiary/aromatic N) is 3. The Morgan fingerprint density at radius 3 is 2.35 bits per heavy atom. The molecule has 2 heterocycles. The van der Waals surface area contributed by atoms with E-state index in [1.165, 1.54) is 11.1 Å². The average Bonchev–Trinajstić information content (AvgIpc) is 3.16. The zero-order valence-corrected chi connectivity index (χ0v) is 19.2. The van der Waals surface area contributed by atoms with Crippen molar-refractivity contribution in [3.05, 3.63) is 47.5 Å². The van der Waals surface area contributed by atoms with E-state index >= 15 is 0 Å². The molecule has 0 fully saturated rings. The molecule has 1 aliphatic rings. The largest absolute Gasteiger partial charge is 0.489 e. The molecule has 1 aliphatic heterocycles. The summed E-state index contributed by atoms with van der Waals surface area (Å²) < 4.78 is 11.0. The number of nitrogens with two attached hydrogens (primary N) is 1. The fourth-order valence-electron chi connectivity index (χ4n) is 3.85. The third kappa shape index (κ3) is 5.23. The van der Waals surface area contributed by atoms with Crippen LogP contribution in [0.3, 0.4) is 0 Å². The summed E-state index contributed by atoms with van der Waals surface area (Å²) in [4.78, 5) is 2.48. The van der Waals surface area contributed by atoms with Gasteiger partial charge in [0.15, 0.2) is 0 Å². The monoisotopic (exact) mass is 438 g/mol. The summed E-state index contributed by atoms with van der Waals surface area (Å²) in [6.45, 7) is 7.89. The zero-order chi connectivity index (χ0) is 21.8. The summed E-state index contributed by atoms with van der Waals surface area (Å²) in [7, 11) is 1.76. The van der Waals surface area contributed by atoms with Crippen LogP contribution in [0.1, 0.15) is 25.0 Å². The fraction of sp³-hybridized carbons (Fsp3) is 0.417. The number of anilines is 1. The van der Waals surface area contributed by atoms with Crippen molar-refractivity contribution in [1.82, 2.24) is 15.1 Å². The maximum absolute atomic E-state index is 6.18. The van der Waals surface area contributed by atoms with E-state index in [1.807, 2.05) is 32.0 Å². The van der Waals surface area contributed by atoms with Gasteiger partial charge in [-0.1, -0.05) is 23.5 Å². The van der Waals surface area contributed by atoms with Crippen molar-refractivity contribution in [3.63, 3.8) is 0 Å². The molecule has 0 bridgehead atoms. The predicted octanol–water partition coefficient (Wildman–Crippen LogP) is 4.29. The van der Waals surface area contributed by atoms with E-state index in [-0.39, 0.29) is 6.10 Å².